The Labute approximate surface area is 167 Å². The Morgan fingerprint density at radius 3 is 2.86 bits per heavy atom. The van der Waals surface area contributed by atoms with Crippen molar-refractivity contribution < 1.29 is 14.0 Å². The van der Waals surface area contributed by atoms with Crippen molar-refractivity contribution in [2.45, 2.75) is 32.7 Å². The third kappa shape index (κ3) is 4.48. The zero-order valence-electron chi connectivity index (χ0n) is 15.5. The molecule has 2 heterocycles. The molecule has 2 aromatic heterocycles. The molecule has 0 unspecified atom stereocenters. The van der Waals surface area contributed by atoms with Crippen molar-refractivity contribution >= 4 is 28.8 Å². The SMILES string of the molecule is Cc1oc(-c2cccs2)nc1CC(=O)NCc1cccc(NC(=O)C2CC2)c1. The number of nitrogens with zero attached hydrogens (tertiary/aromatic N) is 1. The van der Waals surface area contributed by atoms with E-state index in [2.05, 4.69) is 15.6 Å². The molecule has 6 nitrogen and oxygen atoms in total. The number of thiophene rings is 1. The standard InChI is InChI=1S/C21H21N3O3S/c1-13-17(24-21(27-13)18-6-3-9-28-18)11-19(25)22-12-14-4-2-5-16(10-14)23-20(26)15-7-8-15/h2-6,9-10,15H,7-8,11-12H2,1H3,(H,22,25)(H,23,26). The van der Waals surface area contributed by atoms with Gasteiger partial charge in [-0.15, -0.1) is 11.3 Å². The number of hydrogen-bond donors (Lipinski definition) is 2. The van der Waals surface area contributed by atoms with Crippen LogP contribution in [0, 0.1) is 12.8 Å². The molecule has 0 spiro atoms. The minimum atomic E-state index is -0.124. The van der Waals surface area contributed by atoms with E-state index in [4.69, 9.17) is 4.42 Å². The Bertz CT molecular complexity index is 990. The maximum Gasteiger partial charge on any atom is 0.236 e. The van der Waals surface area contributed by atoms with E-state index in [0.29, 0.717) is 23.9 Å². The predicted octanol–water partition coefficient (Wildman–Crippen LogP) is 3.92. The van der Waals surface area contributed by atoms with Gasteiger partial charge in [0.2, 0.25) is 17.7 Å². The summed E-state index contributed by atoms with van der Waals surface area (Å²) in [4.78, 5) is 29.6. The third-order valence-electron chi connectivity index (χ3n) is 4.58. The van der Waals surface area contributed by atoms with Crippen LogP contribution >= 0.6 is 11.3 Å². The largest absolute Gasteiger partial charge is 0.440 e. The molecule has 0 bridgehead atoms. The molecule has 3 aromatic rings. The lowest BCUT2D eigenvalue weighted by atomic mass is 10.2. The van der Waals surface area contributed by atoms with E-state index in [1.165, 1.54) is 0 Å². The molecule has 2 amide bonds. The zero-order chi connectivity index (χ0) is 19.5. The predicted molar refractivity (Wildman–Crippen MR) is 108 cm³/mol. The first-order valence-electron chi connectivity index (χ1n) is 9.25. The number of amides is 2. The molecule has 0 atom stereocenters. The Hall–Kier alpha value is -2.93. The Morgan fingerprint density at radius 2 is 2.11 bits per heavy atom. The first-order chi connectivity index (χ1) is 13.6. The second-order valence-corrected chi connectivity index (χ2v) is 7.86. The quantitative estimate of drug-likeness (QED) is 0.635. The van der Waals surface area contributed by atoms with Crippen molar-refractivity contribution in [1.29, 1.82) is 0 Å². The van der Waals surface area contributed by atoms with Crippen LogP contribution in [0.3, 0.4) is 0 Å². The van der Waals surface area contributed by atoms with E-state index >= 15 is 0 Å². The molecule has 2 N–H and O–H groups in total. The summed E-state index contributed by atoms with van der Waals surface area (Å²) in [5.41, 5.74) is 2.33. The highest BCUT2D eigenvalue weighted by Gasteiger charge is 2.29. The van der Waals surface area contributed by atoms with Gasteiger partial charge in [0.05, 0.1) is 17.0 Å². The van der Waals surface area contributed by atoms with Crippen molar-refractivity contribution in [1.82, 2.24) is 10.3 Å². The van der Waals surface area contributed by atoms with E-state index in [1.807, 2.05) is 48.7 Å². The third-order valence-corrected chi connectivity index (χ3v) is 5.44. The van der Waals surface area contributed by atoms with Crippen molar-refractivity contribution in [3.05, 3.63) is 58.8 Å². The molecular formula is C21H21N3O3S. The van der Waals surface area contributed by atoms with Gasteiger partial charge in [-0.1, -0.05) is 18.2 Å². The number of anilines is 1. The van der Waals surface area contributed by atoms with Crippen LogP contribution in [0.2, 0.25) is 0 Å². The van der Waals surface area contributed by atoms with Crippen LogP contribution in [-0.4, -0.2) is 16.8 Å². The molecule has 0 saturated heterocycles. The van der Waals surface area contributed by atoms with Crippen LogP contribution in [0.1, 0.15) is 29.9 Å². The maximum absolute atomic E-state index is 12.3. The molecule has 1 saturated carbocycles. The molecule has 1 aromatic carbocycles. The Kier molecular flexibility index (Phi) is 5.25. The molecule has 1 fully saturated rings. The van der Waals surface area contributed by atoms with Crippen molar-refractivity contribution in [2.24, 2.45) is 5.92 Å². The summed E-state index contributed by atoms with van der Waals surface area (Å²) in [5, 5.41) is 7.79. The number of aromatic nitrogens is 1. The van der Waals surface area contributed by atoms with Crippen molar-refractivity contribution in [3.63, 3.8) is 0 Å². The van der Waals surface area contributed by atoms with Gasteiger partial charge in [-0.25, -0.2) is 4.98 Å². The van der Waals surface area contributed by atoms with E-state index < -0.39 is 0 Å². The van der Waals surface area contributed by atoms with Crippen molar-refractivity contribution in [3.8, 4) is 10.8 Å². The maximum atomic E-state index is 12.3. The number of benzene rings is 1. The Balaban J connectivity index is 1.33. The molecule has 1 aliphatic rings. The van der Waals surface area contributed by atoms with Gasteiger partial charge < -0.3 is 15.1 Å². The minimum Gasteiger partial charge on any atom is -0.440 e. The highest BCUT2D eigenvalue weighted by atomic mass is 32.1. The fourth-order valence-corrected chi connectivity index (χ4v) is 3.51. The smallest absolute Gasteiger partial charge is 0.236 e. The van der Waals surface area contributed by atoms with E-state index in [-0.39, 0.29) is 24.2 Å². The molecule has 0 radical (unpaired) electrons. The Morgan fingerprint density at radius 1 is 1.25 bits per heavy atom. The molecule has 4 rings (SSSR count). The molecule has 7 heteroatoms. The molecular weight excluding hydrogens is 374 g/mol. The van der Waals surface area contributed by atoms with Crippen LogP contribution in [0.4, 0.5) is 5.69 Å². The number of aryl methyl sites for hydroxylation is 1. The van der Waals surface area contributed by atoms with Gasteiger partial charge in [0, 0.05) is 18.2 Å². The number of rotatable bonds is 7. The summed E-state index contributed by atoms with van der Waals surface area (Å²) in [6.45, 7) is 2.21. The fourth-order valence-electron chi connectivity index (χ4n) is 2.86. The molecule has 0 aliphatic heterocycles. The average Bonchev–Trinajstić information content (AvgIpc) is 3.27. The van der Waals surface area contributed by atoms with Gasteiger partial charge in [-0.05, 0) is 48.9 Å². The normalized spacial score (nSPS) is 13.3. The second kappa shape index (κ2) is 7.98. The molecule has 1 aliphatic carbocycles. The molecule has 144 valence electrons. The van der Waals surface area contributed by atoms with Crippen LogP contribution in [-0.2, 0) is 22.6 Å². The van der Waals surface area contributed by atoms with E-state index in [0.717, 1.165) is 29.0 Å². The van der Waals surface area contributed by atoms with Crippen molar-refractivity contribution in [2.75, 3.05) is 5.32 Å². The lowest BCUT2D eigenvalue weighted by molar-refractivity contribution is -0.120. The van der Waals surface area contributed by atoms with Crippen LogP contribution in [0.25, 0.3) is 10.8 Å². The zero-order valence-corrected chi connectivity index (χ0v) is 16.3. The van der Waals surface area contributed by atoms with Crippen LogP contribution < -0.4 is 10.6 Å². The summed E-state index contributed by atoms with van der Waals surface area (Å²) in [5.74, 6) is 1.32. The van der Waals surface area contributed by atoms with Gasteiger partial charge >= 0.3 is 0 Å². The van der Waals surface area contributed by atoms with E-state index in [1.54, 1.807) is 11.3 Å². The van der Waals surface area contributed by atoms with Gasteiger partial charge in [0.1, 0.15) is 5.76 Å². The number of carbonyl (C=O) groups excluding carboxylic acids is 2. The number of oxazole rings is 1. The summed E-state index contributed by atoms with van der Waals surface area (Å²) in [6, 6.07) is 11.4. The van der Waals surface area contributed by atoms with Gasteiger partial charge in [0.25, 0.3) is 0 Å². The minimum absolute atomic E-state index is 0.0734. The lowest BCUT2D eigenvalue weighted by Gasteiger charge is -2.08. The average molecular weight is 395 g/mol. The van der Waals surface area contributed by atoms with Gasteiger partial charge in [0.15, 0.2) is 0 Å². The summed E-state index contributed by atoms with van der Waals surface area (Å²) < 4.78 is 5.68. The molecule has 28 heavy (non-hydrogen) atoms. The van der Waals surface area contributed by atoms with Crippen LogP contribution in [0.5, 0.6) is 0 Å². The number of carbonyl (C=O) groups is 2. The summed E-state index contributed by atoms with van der Waals surface area (Å²) >= 11 is 1.55. The number of hydrogen-bond acceptors (Lipinski definition) is 5. The highest BCUT2D eigenvalue weighted by molar-refractivity contribution is 7.13. The number of nitrogens with one attached hydrogen (secondary N) is 2. The first-order valence-corrected chi connectivity index (χ1v) is 10.1. The van der Waals surface area contributed by atoms with Gasteiger partial charge in [-0.3, -0.25) is 9.59 Å². The van der Waals surface area contributed by atoms with E-state index in [9.17, 15) is 9.59 Å². The monoisotopic (exact) mass is 395 g/mol. The first kappa shape index (κ1) is 18.4. The van der Waals surface area contributed by atoms with Crippen LogP contribution in [0.15, 0.2) is 46.2 Å². The topological polar surface area (TPSA) is 84.2 Å². The van der Waals surface area contributed by atoms with Gasteiger partial charge in [-0.2, -0.15) is 0 Å². The summed E-state index contributed by atoms with van der Waals surface area (Å²) in [6.07, 6.45) is 2.10. The lowest BCUT2D eigenvalue weighted by Crippen LogP contribution is -2.25. The second-order valence-electron chi connectivity index (χ2n) is 6.92. The highest BCUT2D eigenvalue weighted by Crippen LogP contribution is 2.30. The summed E-state index contributed by atoms with van der Waals surface area (Å²) in [7, 11) is 0. The fraction of sp³-hybridized carbons (Fsp3) is 0.286.